The van der Waals surface area contributed by atoms with E-state index in [0.29, 0.717) is 5.92 Å². The molecule has 0 amide bonds. The molecule has 0 atom stereocenters. The predicted molar refractivity (Wildman–Crippen MR) is 91.0 cm³/mol. The molecule has 0 aromatic carbocycles. The Hall–Kier alpha value is -1.16. The van der Waals surface area contributed by atoms with E-state index < -0.39 is 0 Å². The van der Waals surface area contributed by atoms with E-state index in [1.165, 1.54) is 12.1 Å². The van der Waals surface area contributed by atoms with Gasteiger partial charge in [-0.1, -0.05) is 41.5 Å². The summed E-state index contributed by atoms with van der Waals surface area (Å²) in [6, 6.07) is 0. The molecule has 0 spiro atoms. The minimum atomic E-state index is 0.497. The lowest BCUT2D eigenvalue weighted by atomic mass is 10.1. The molecule has 2 heterocycles. The summed E-state index contributed by atoms with van der Waals surface area (Å²) in [5.41, 5.74) is 1.21. The van der Waals surface area contributed by atoms with Gasteiger partial charge >= 0.3 is 0 Å². The summed E-state index contributed by atoms with van der Waals surface area (Å²) >= 11 is 0. The molecule has 0 N–H and O–H groups in total. The average molecular weight is 292 g/mol. The lowest BCUT2D eigenvalue weighted by Gasteiger charge is -2.35. The van der Waals surface area contributed by atoms with Crippen LogP contribution in [-0.2, 0) is 0 Å². The van der Waals surface area contributed by atoms with Crippen LogP contribution in [-0.4, -0.2) is 47.6 Å². The highest BCUT2D eigenvalue weighted by molar-refractivity contribution is 5.31. The van der Waals surface area contributed by atoms with E-state index in [0.717, 1.165) is 38.0 Å². The fourth-order valence-electron chi connectivity index (χ4n) is 2.44. The highest BCUT2D eigenvalue weighted by Gasteiger charge is 2.19. The molecular formula is C17H32N4. The van der Waals surface area contributed by atoms with Gasteiger partial charge < -0.3 is 4.90 Å². The Labute approximate surface area is 130 Å². The van der Waals surface area contributed by atoms with Gasteiger partial charge in [0, 0.05) is 45.1 Å². The molecule has 0 aliphatic carbocycles. The van der Waals surface area contributed by atoms with Crippen molar-refractivity contribution in [3.63, 3.8) is 0 Å². The predicted octanol–water partition coefficient (Wildman–Crippen LogP) is 3.40. The Bertz CT molecular complexity index is 378. The van der Waals surface area contributed by atoms with Crippen LogP contribution in [0.25, 0.3) is 0 Å². The van der Waals surface area contributed by atoms with Crippen LogP contribution in [0.5, 0.6) is 0 Å². The maximum atomic E-state index is 4.51. The van der Waals surface area contributed by atoms with E-state index in [9.17, 15) is 0 Å². The number of hydrogen-bond acceptors (Lipinski definition) is 4. The molecule has 0 bridgehead atoms. The number of aromatic nitrogens is 2. The third-order valence-electron chi connectivity index (χ3n) is 3.60. The molecule has 4 heteroatoms. The Morgan fingerprint density at radius 1 is 0.952 bits per heavy atom. The van der Waals surface area contributed by atoms with Gasteiger partial charge in [-0.3, -0.25) is 4.90 Å². The Morgan fingerprint density at radius 3 is 1.90 bits per heavy atom. The van der Waals surface area contributed by atoms with Gasteiger partial charge in [-0.2, -0.15) is 0 Å². The number of rotatable bonds is 4. The lowest BCUT2D eigenvalue weighted by Crippen LogP contribution is -2.48. The summed E-state index contributed by atoms with van der Waals surface area (Å²) in [4.78, 5) is 13.8. The molecular weight excluding hydrogens is 260 g/mol. The summed E-state index contributed by atoms with van der Waals surface area (Å²) in [5.74, 6) is 2.12. The Kier molecular flexibility index (Phi) is 7.65. The molecule has 0 unspecified atom stereocenters. The number of piperazine rings is 1. The van der Waals surface area contributed by atoms with Gasteiger partial charge in [-0.05, 0) is 17.4 Å². The molecule has 120 valence electrons. The first-order valence-corrected chi connectivity index (χ1v) is 8.35. The maximum absolute atomic E-state index is 4.51. The summed E-state index contributed by atoms with van der Waals surface area (Å²) in [6.07, 6.45) is 3.93. The number of hydrogen-bond donors (Lipinski definition) is 0. The van der Waals surface area contributed by atoms with E-state index in [2.05, 4.69) is 47.5 Å². The summed E-state index contributed by atoms with van der Waals surface area (Å²) in [6.45, 7) is 18.4. The van der Waals surface area contributed by atoms with Gasteiger partial charge in [-0.15, -0.1) is 0 Å². The van der Waals surface area contributed by atoms with Crippen LogP contribution in [0.4, 0.5) is 5.95 Å². The number of nitrogens with zero attached hydrogens (tertiary/aromatic N) is 4. The van der Waals surface area contributed by atoms with Crippen LogP contribution in [0, 0.1) is 5.92 Å². The van der Waals surface area contributed by atoms with Crippen LogP contribution in [0.15, 0.2) is 12.4 Å². The van der Waals surface area contributed by atoms with Crippen molar-refractivity contribution in [1.82, 2.24) is 14.9 Å². The normalized spacial score (nSPS) is 16.1. The summed E-state index contributed by atoms with van der Waals surface area (Å²) < 4.78 is 0. The van der Waals surface area contributed by atoms with Gasteiger partial charge in [0.05, 0.1) is 0 Å². The van der Waals surface area contributed by atoms with Gasteiger partial charge in [0.25, 0.3) is 0 Å². The zero-order chi connectivity index (χ0) is 15.8. The second-order valence-electron chi connectivity index (χ2n) is 6.15. The van der Waals surface area contributed by atoms with Crippen LogP contribution in [0.3, 0.4) is 0 Å². The smallest absolute Gasteiger partial charge is 0.225 e. The van der Waals surface area contributed by atoms with Crippen molar-refractivity contribution in [3.05, 3.63) is 18.0 Å². The second-order valence-corrected chi connectivity index (χ2v) is 6.15. The molecule has 0 radical (unpaired) electrons. The number of anilines is 1. The third-order valence-corrected chi connectivity index (χ3v) is 3.60. The van der Waals surface area contributed by atoms with Crippen molar-refractivity contribution < 1.29 is 0 Å². The van der Waals surface area contributed by atoms with Crippen molar-refractivity contribution in [2.45, 2.75) is 47.5 Å². The molecule has 0 saturated carbocycles. The minimum absolute atomic E-state index is 0.497. The monoisotopic (exact) mass is 292 g/mol. The molecule has 1 saturated heterocycles. The van der Waals surface area contributed by atoms with Crippen LogP contribution in [0.1, 0.15) is 53.0 Å². The fourth-order valence-corrected chi connectivity index (χ4v) is 2.44. The van der Waals surface area contributed by atoms with Crippen molar-refractivity contribution in [1.29, 1.82) is 0 Å². The first kappa shape index (κ1) is 17.9. The highest BCUT2D eigenvalue weighted by Crippen LogP contribution is 2.15. The molecule has 1 aromatic heterocycles. The quantitative estimate of drug-likeness (QED) is 0.851. The molecule has 1 fully saturated rings. The Morgan fingerprint density at radius 2 is 1.48 bits per heavy atom. The van der Waals surface area contributed by atoms with Crippen molar-refractivity contribution in [2.75, 3.05) is 37.6 Å². The maximum Gasteiger partial charge on any atom is 0.225 e. The van der Waals surface area contributed by atoms with E-state index in [-0.39, 0.29) is 0 Å². The van der Waals surface area contributed by atoms with Crippen LogP contribution >= 0.6 is 0 Å². The molecule has 21 heavy (non-hydrogen) atoms. The van der Waals surface area contributed by atoms with E-state index in [4.69, 9.17) is 0 Å². The van der Waals surface area contributed by atoms with Crippen molar-refractivity contribution in [2.24, 2.45) is 5.92 Å². The summed E-state index contributed by atoms with van der Waals surface area (Å²) in [5, 5.41) is 0. The Balaban J connectivity index is 0.00000106. The topological polar surface area (TPSA) is 32.3 Å². The second kappa shape index (κ2) is 8.98. The lowest BCUT2D eigenvalue weighted by molar-refractivity contribution is 0.230. The standard InChI is InChI=1S/C15H26N4.C2H6/c1-12(2)11-18-5-7-19(8-6-18)15-16-9-14(10-17-15)13(3)4;1-2/h9-10,12-13H,5-8,11H2,1-4H3;1-2H3. The molecule has 1 aromatic rings. The van der Waals surface area contributed by atoms with Gasteiger partial charge in [-0.25, -0.2) is 9.97 Å². The summed E-state index contributed by atoms with van der Waals surface area (Å²) in [7, 11) is 0. The average Bonchev–Trinajstić information content (AvgIpc) is 2.49. The van der Waals surface area contributed by atoms with Crippen LogP contribution < -0.4 is 4.90 Å². The zero-order valence-corrected chi connectivity index (χ0v) is 14.6. The zero-order valence-electron chi connectivity index (χ0n) is 14.6. The first-order valence-electron chi connectivity index (χ1n) is 8.35. The van der Waals surface area contributed by atoms with Crippen molar-refractivity contribution in [3.8, 4) is 0 Å². The largest absolute Gasteiger partial charge is 0.338 e. The molecule has 1 aliphatic heterocycles. The molecule has 4 nitrogen and oxygen atoms in total. The molecule has 1 aliphatic rings. The van der Waals surface area contributed by atoms with E-state index in [1.807, 2.05) is 26.2 Å². The molecule has 2 rings (SSSR count). The van der Waals surface area contributed by atoms with Gasteiger partial charge in [0.2, 0.25) is 5.95 Å². The van der Waals surface area contributed by atoms with Gasteiger partial charge in [0.1, 0.15) is 0 Å². The van der Waals surface area contributed by atoms with E-state index in [1.54, 1.807) is 0 Å². The first-order chi connectivity index (χ1) is 10.1. The van der Waals surface area contributed by atoms with E-state index >= 15 is 0 Å². The van der Waals surface area contributed by atoms with Gasteiger partial charge in [0.15, 0.2) is 0 Å². The SMILES string of the molecule is CC.CC(C)CN1CCN(c2ncc(C(C)C)cn2)CC1. The van der Waals surface area contributed by atoms with Crippen LogP contribution in [0.2, 0.25) is 0 Å². The minimum Gasteiger partial charge on any atom is -0.338 e. The highest BCUT2D eigenvalue weighted by atomic mass is 15.3. The third kappa shape index (κ3) is 5.62. The fraction of sp³-hybridized carbons (Fsp3) is 0.765. The van der Waals surface area contributed by atoms with Crippen molar-refractivity contribution >= 4 is 5.95 Å².